The minimum atomic E-state index is -5.01. The second kappa shape index (κ2) is 9.82. The van der Waals surface area contributed by atoms with E-state index in [9.17, 15) is 18.0 Å². The van der Waals surface area contributed by atoms with Gasteiger partial charge in [-0.05, 0) is 36.8 Å². The first-order valence-electron chi connectivity index (χ1n) is 9.61. The average molecular weight is 419 g/mol. The molecule has 5 heteroatoms. The van der Waals surface area contributed by atoms with Gasteiger partial charge in [0.05, 0.1) is 5.69 Å². The Labute approximate surface area is 179 Å². The molecule has 0 aliphatic heterocycles. The number of hydrogen-bond donors (Lipinski definition) is 0. The van der Waals surface area contributed by atoms with Gasteiger partial charge < -0.3 is 0 Å². The number of nitrogens with zero attached hydrogens (tertiary/aromatic N) is 1. The molecule has 0 heterocycles. The van der Waals surface area contributed by atoms with Crippen LogP contribution in [0.3, 0.4) is 0 Å². The average Bonchev–Trinajstić information content (AvgIpc) is 2.77. The third kappa shape index (κ3) is 6.10. The van der Waals surface area contributed by atoms with Gasteiger partial charge >= 0.3 is 12.1 Å². The van der Waals surface area contributed by atoms with Crippen LogP contribution in [0.1, 0.15) is 23.6 Å². The molecule has 2 nitrogen and oxygen atoms in total. The van der Waals surface area contributed by atoms with Gasteiger partial charge in [-0.3, -0.25) is 9.69 Å². The Kier molecular flexibility index (Phi) is 6.94. The van der Waals surface area contributed by atoms with Crippen LogP contribution in [-0.4, -0.2) is 18.6 Å². The molecular weight excluding hydrogens is 399 g/mol. The molecule has 0 radical (unpaired) electrons. The standard InChI is InChI=1S/C26H20F3NO/c1-20(18-22-12-6-3-7-13-22)19-30(25(31)26(27,28)29)24-15-9-8-14-23(24)17-16-21-10-4-2-5-11-21/h2-15,18H,19H2,1H3/b20-18+. The van der Waals surface area contributed by atoms with Gasteiger partial charge in [-0.15, -0.1) is 0 Å². The van der Waals surface area contributed by atoms with Crippen molar-refractivity contribution in [3.63, 3.8) is 0 Å². The molecule has 3 rings (SSSR count). The van der Waals surface area contributed by atoms with Crippen molar-refractivity contribution in [1.29, 1.82) is 0 Å². The molecule has 3 aromatic carbocycles. The fourth-order valence-corrected chi connectivity index (χ4v) is 3.02. The fourth-order valence-electron chi connectivity index (χ4n) is 3.02. The van der Waals surface area contributed by atoms with Crippen molar-refractivity contribution in [2.75, 3.05) is 11.4 Å². The van der Waals surface area contributed by atoms with Gasteiger partial charge in [0, 0.05) is 17.7 Å². The Morgan fingerprint density at radius 2 is 1.45 bits per heavy atom. The molecule has 3 aromatic rings. The molecule has 0 saturated heterocycles. The lowest BCUT2D eigenvalue weighted by Gasteiger charge is -2.25. The molecule has 0 atom stereocenters. The third-order valence-electron chi connectivity index (χ3n) is 4.42. The number of rotatable bonds is 4. The van der Waals surface area contributed by atoms with Crippen molar-refractivity contribution in [2.45, 2.75) is 13.1 Å². The predicted molar refractivity (Wildman–Crippen MR) is 117 cm³/mol. The molecule has 0 fully saturated rings. The number of halogens is 3. The quantitative estimate of drug-likeness (QED) is 0.469. The van der Waals surface area contributed by atoms with Crippen LogP contribution in [0, 0.1) is 11.8 Å². The molecule has 0 unspecified atom stereocenters. The van der Waals surface area contributed by atoms with E-state index in [0.717, 1.165) is 16.0 Å². The lowest BCUT2D eigenvalue weighted by atomic mass is 10.1. The number of amides is 1. The van der Waals surface area contributed by atoms with Crippen molar-refractivity contribution >= 4 is 17.7 Å². The molecule has 0 aliphatic carbocycles. The molecule has 0 aliphatic rings. The van der Waals surface area contributed by atoms with Gasteiger partial charge in [0.1, 0.15) is 0 Å². The highest BCUT2D eigenvalue weighted by Gasteiger charge is 2.43. The summed E-state index contributed by atoms with van der Waals surface area (Å²) in [4.78, 5) is 13.0. The first-order chi connectivity index (χ1) is 14.8. The van der Waals surface area contributed by atoms with E-state index in [2.05, 4.69) is 11.8 Å². The Hall–Kier alpha value is -3.78. The second-order valence-electron chi connectivity index (χ2n) is 6.92. The third-order valence-corrected chi connectivity index (χ3v) is 4.42. The van der Waals surface area contributed by atoms with Crippen LogP contribution in [0.4, 0.5) is 18.9 Å². The Balaban J connectivity index is 2.00. The van der Waals surface area contributed by atoms with Crippen molar-refractivity contribution in [1.82, 2.24) is 0 Å². The zero-order chi connectivity index (χ0) is 22.3. The number of benzene rings is 3. The van der Waals surface area contributed by atoms with Crippen LogP contribution in [0.25, 0.3) is 6.08 Å². The van der Waals surface area contributed by atoms with Crippen LogP contribution < -0.4 is 4.90 Å². The summed E-state index contributed by atoms with van der Waals surface area (Å²) in [5, 5.41) is 0. The molecule has 0 saturated carbocycles. The van der Waals surface area contributed by atoms with Gasteiger partial charge in [0.15, 0.2) is 0 Å². The van der Waals surface area contributed by atoms with Gasteiger partial charge in [-0.2, -0.15) is 13.2 Å². The zero-order valence-electron chi connectivity index (χ0n) is 16.9. The summed E-state index contributed by atoms with van der Waals surface area (Å²) in [7, 11) is 0. The Morgan fingerprint density at radius 1 is 0.871 bits per heavy atom. The maximum Gasteiger partial charge on any atom is 0.471 e. The topological polar surface area (TPSA) is 20.3 Å². The normalized spacial score (nSPS) is 11.4. The van der Waals surface area contributed by atoms with Crippen molar-refractivity contribution in [2.24, 2.45) is 0 Å². The molecule has 1 amide bonds. The van der Waals surface area contributed by atoms with Crippen LogP contribution in [0.5, 0.6) is 0 Å². The number of hydrogen-bond acceptors (Lipinski definition) is 1. The highest BCUT2D eigenvalue weighted by Crippen LogP contribution is 2.27. The monoisotopic (exact) mass is 419 g/mol. The number of anilines is 1. The van der Waals surface area contributed by atoms with Crippen molar-refractivity contribution in [3.05, 3.63) is 107 Å². The van der Waals surface area contributed by atoms with E-state index in [1.165, 1.54) is 6.07 Å². The molecule has 31 heavy (non-hydrogen) atoms. The van der Waals surface area contributed by atoms with Gasteiger partial charge in [0.25, 0.3) is 0 Å². The van der Waals surface area contributed by atoms with Gasteiger partial charge in [-0.25, -0.2) is 0 Å². The van der Waals surface area contributed by atoms with E-state index in [0.29, 0.717) is 11.1 Å². The molecule has 0 aromatic heterocycles. The van der Waals surface area contributed by atoms with Gasteiger partial charge in [-0.1, -0.05) is 84.2 Å². The smallest absolute Gasteiger partial charge is 0.299 e. The Morgan fingerprint density at radius 3 is 2.10 bits per heavy atom. The summed E-state index contributed by atoms with van der Waals surface area (Å²) in [5.74, 6) is 3.92. The number of carbonyl (C=O) groups is 1. The van der Waals surface area contributed by atoms with E-state index in [1.807, 2.05) is 48.5 Å². The van der Waals surface area contributed by atoms with Crippen LogP contribution in [-0.2, 0) is 4.79 Å². The summed E-state index contributed by atoms with van der Waals surface area (Å²) >= 11 is 0. The molecular formula is C26H20F3NO. The summed E-state index contributed by atoms with van der Waals surface area (Å²) < 4.78 is 40.2. The molecule has 0 bridgehead atoms. The summed E-state index contributed by atoms with van der Waals surface area (Å²) in [5.41, 5.74) is 2.64. The second-order valence-corrected chi connectivity index (χ2v) is 6.92. The van der Waals surface area contributed by atoms with E-state index < -0.39 is 12.1 Å². The summed E-state index contributed by atoms with van der Waals surface area (Å²) in [6.07, 6.45) is -3.25. The lowest BCUT2D eigenvalue weighted by molar-refractivity contribution is -0.170. The fraction of sp³-hybridized carbons (Fsp3) is 0.115. The maximum atomic E-state index is 13.4. The first kappa shape index (κ1) is 21.9. The van der Waals surface area contributed by atoms with Crippen molar-refractivity contribution in [3.8, 4) is 11.8 Å². The number of carbonyl (C=O) groups excluding carboxylic acids is 1. The van der Waals surface area contributed by atoms with Crippen LogP contribution in [0.2, 0.25) is 0 Å². The molecule has 0 N–H and O–H groups in total. The summed E-state index contributed by atoms with van der Waals surface area (Å²) in [6.45, 7) is 1.49. The van der Waals surface area contributed by atoms with E-state index in [-0.39, 0.29) is 12.2 Å². The largest absolute Gasteiger partial charge is 0.471 e. The number of alkyl halides is 3. The summed E-state index contributed by atoms with van der Waals surface area (Å²) in [6, 6.07) is 24.7. The first-order valence-corrected chi connectivity index (χ1v) is 9.61. The van der Waals surface area contributed by atoms with Crippen molar-refractivity contribution < 1.29 is 18.0 Å². The number of para-hydroxylation sites is 1. The van der Waals surface area contributed by atoms with E-state index >= 15 is 0 Å². The minimum Gasteiger partial charge on any atom is -0.299 e. The van der Waals surface area contributed by atoms with Crippen LogP contribution >= 0.6 is 0 Å². The lowest BCUT2D eigenvalue weighted by Crippen LogP contribution is -2.42. The molecule has 156 valence electrons. The zero-order valence-corrected chi connectivity index (χ0v) is 16.9. The highest BCUT2D eigenvalue weighted by atomic mass is 19.4. The maximum absolute atomic E-state index is 13.4. The Bertz CT molecular complexity index is 1120. The molecule has 0 spiro atoms. The van der Waals surface area contributed by atoms with E-state index in [1.54, 1.807) is 43.3 Å². The highest BCUT2D eigenvalue weighted by molar-refractivity contribution is 5.99. The van der Waals surface area contributed by atoms with E-state index in [4.69, 9.17) is 0 Å². The predicted octanol–water partition coefficient (Wildman–Crippen LogP) is 6.09. The van der Waals surface area contributed by atoms with Gasteiger partial charge in [0.2, 0.25) is 0 Å². The van der Waals surface area contributed by atoms with Crippen LogP contribution in [0.15, 0.2) is 90.5 Å². The SMILES string of the molecule is C/C(=C\c1ccccc1)CN(C(=O)C(F)(F)F)c1ccccc1C#Cc1ccccc1. The minimum absolute atomic E-state index is 0.120.